The molecule has 0 spiro atoms. The molecule has 1 aliphatic heterocycles. The average molecular weight is 524 g/mol. The van der Waals surface area contributed by atoms with Gasteiger partial charge in [0.1, 0.15) is 0 Å². The number of benzene rings is 2. The Morgan fingerprint density at radius 1 is 1.00 bits per heavy atom. The van der Waals surface area contributed by atoms with Gasteiger partial charge in [0.05, 0.1) is 18.0 Å². The zero-order valence-electron chi connectivity index (χ0n) is 11.1. The smallest absolute Gasteiger partial charge is 0.162 e. The Bertz CT molecular complexity index is 643. The van der Waals surface area contributed by atoms with Crippen molar-refractivity contribution in [1.82, 2.24) is 0 Å². The number of rotatable bonds is 2. The van der Waals surface area contributed by atoms with E-state index < -0.39 is 0 Å². The van der Waals surface area contributed by atoms with E-state index in [9.17, 15) is 0 Å². The number of fused-ring (bicyclic) bond motifs is 1. The molecule has 21 heavy (non-hydrogen) atoms. The fourth-order valence-corrected chi connectivity index (χ4v) is 4.11. The van der Waals surface area contributed by atoms with Crippen LogP contribution in [0.5, 0.6) is 11.5 Å². The van der Waals surface area contributed by atoms with E-state index in [4.69, 9.17) is 9.47 Å². The lowest BCUT2D eigenvalue weighted by atomic mass is 10.0. The summed E-state index contributed by atoms with van der Waals surface area (Å²) in [5.41, 5.74) is 2.35. The van der Waals surface area contributed by atoms with Crippen LogP contribution in [-0.2, 0) is 0 Å². The molecule has 0 saturated heterocycles. The van der Waals surface area contributed by atoms with Crippen molar-refractivity contribution in [3.63, 3.8) is 0 Å². The third kappa shape index (κ3) is 3.56. The number of halogens is 3. The molecule has 5 heteroatoms. The van der Waals surface area contributed by atoms with E-state index in [1.807, 2.05) is 6.07 Å². The zero-order chi connectivity index (χ0) is 14.8. The van der Waals surface area contributed by atoms with Crippen LogP contribution in [-0.4, -0.2) is 13.2 Å². The first-order valence-electron chi connectivity index (χ1n) is 6.64. The zero-order valence-corrected chi connectivity index (χ0v) is 16.4. The molecule has 0 N–H and O–H groups in total. The average Bonchev–Trinajstić information content (AvgIpc) is 2.71. The molecule has 2 aromatic rings. The Labute approximate surface area is 154 Å². The van der Waals surface area contributed by atoms with Crippen molar-refractivity contribution in [3.05, 3.63) is 55.6 Å². The van der Waals surface area contributed by atoms with Gasteiger partial charge in [-0.1, -0.05) is 44.0 Å². The second-order valence-corrected chi connectivity index (χ2v) is 7.80. The van der Waals surface area contributed by atoms with Crippen LogP contribution in [0.4, 0.5) is 0 Å². The van der Waals surface area contributed by atoms with Crippen LogP contribution in [0.2, 0.25) is 0 Å². The summed E-state index contributed by atoms with van der Waals surface area (Å²) in [5.74, 6) is 1.63. The fourth-order valence-electron chi connectivity index (χ4n) is 2.21. The SMILES string of the molecule is Brc1cc2c(cc1C(Br)c1ccc(I)cc1)OCCCO2. The molecule has 0 saturated carbocycles. The van der Waals surface area contributed by atoms with E-state index in [1.165, 1.54) is 9.13 Å². The molecule has 0 aliphatic carbocycles. The summed E-state index contributed by atoms with van der Waals surface area (Å²) < 4.78 is 13.7. The Kier molecular flexibility index (Phi) is 5.11. The van der Waals surface area contributed by atoms with Crippen LogP contribution in [0.15, 0.2) is 40.9 Å². The lowest BCUT2D eigenvalue weighted by Crippen LogP contribution is -1.98. The first-order chi connectivity index (χ1) is 10.1. The highest BCUT2D eigenvalue weighted by Gasteiger charge is 2.19. The number of hydrogen-bond acceptors (Lipinski definition) is 2. The Balaban J connectivity index is 1.97. The molecule has 0 bridgehead atoms. The summed E-state index contributed by atoms with van der Waals surface area (Å²) in [7, 11) is 0. The third-order valence-corrected chi connectivity index (χ3v) is 5.73. The third-order valence-electron chi connectivity index (χ3n) is 3.30. The highest BCUT2D eigenvalue weighted by Crippen LogP contribution is 2.42. The molecule has 0 fully saturated rings. The second-order valence-electron chi connectivity index (χ2n) is 4.79. The molecule has 2 aromatic carbocycles. The van der Waals surface area contributed by atoms with Crippen molar-refractivity contribution < 1.29 is 9.47 Å². The van der Waals surface area contributed by atoms with Gasteiger partial charge in [-0.25, -0.2) is 0 Å². The summed E-state index contributed by atoms with van der Waals surface area (Å²) in [6.45, 7) is 1.40. The molecule has 0 radical (unpaired) electrons. The van der Waals surface area contributed by atoms with Gasteiger partial charge >= 0.3 is 0 Å². The summed E-state index contributed by atoms with van der Waals surface area (Å²) in [6, 6.07) is 12.6. The molecule has 1 heterocycles. The second kappa shape index (κ2) is 6.87. The molecular weight excluding hydrogens is 511 g/mol. The van der Waals surface area contributed by atoms with Crippen molar-refractivity contribution in [2.24, 2.45) is 0 Å². The van der Waals surface area contributed by atoms with Gasteiger partial charge in [-0.15, -0.1) is 0 Å². The van der Waals surface area contributed by atoms with Crippen LogP contribution in [0.1, 0.15) is 22.4 Å². The van der Waals surface area contributed by atoms with E-state index in [0.717, 1.165) is 28.0 Å². The van der Waals surface area contributed by atoms with Gasteiger partial charge in [-0.05, 0) is 58.0 Å². The van der Waals surface area contributed by atoms with E-state index in [2.05, 4.69) is 84.8 Å². The van der Waals surface area contributed by atoms with Crippen LogP contribution in [0.25, 0.3) is 0 Å². The molecule has 1 atom stereocenters. The van der Waals surface area contributed by atoms with Gasteiger partial charge in [0, 0.05) is 14.5 Å². The van der Waals surface area contributed by atoms with Crippen LogP contribution in [0, 0.1) is 3.57 Å². The molecular formula is C16H13Br2IO2. The maximum absolute atomic E-state index is 5.78. The predicted molar refractivity (Wildman–Crippen MR) is 99.7 cm³/mol. The molecule has 2 nitrogen and oxygen atoms in total. The lowest BCUT2D eigenvalue weighted by Gasteiger charge is -2.16. The van der Waals surface area contributed by atoms with Crippen molar-refractivity contribution in [3.8, 4) is 11.5 Å². The molecule has 1 unspecified atom stereocenters. The summed E-state index contributed by atoms with van der Waals surface area (Å²) >= 11 is 9.75. The Morgan fingerprint density at radius 3 is 2.29 bits per heavy atom. The fraction of sp³-hybridized carbons (Fsp3) is 0.250. The monoisotopic (exact) mass is 522 g/mol. The standard InChI is InChI=1S/C16H13Br2IO2/c17-13-9-15-14(20-6-1-7-21-15)8-12(13)16(18)10-2-4-11(19)5-3-10/h2-5,8-9,16H,1,6-7H2. The minimum atomic E-state index is 0.112. The molecule has 3 rings (SSSR count). The first-order valence-corrected chi connectivity index (χ1v) is 9.42. The molecule has 110 valence electrons. The van der Waals surface area contributed by atoms with Crippen molar-refractivity contribution in [1.29, 1.82) is 0 Å². The maximum atomic E-state index is 5.78. The van der Waals surface area contributed by atoms with Crippen LogP contribution >= 0.6 is 54.5 Å². The van der Waals surface area contributed by atoms with Crippen LogP contribution in [0.3, 0.4) is 0 Å². The van der Waals surface area contributed by atoms with Crippen molar-refractivity contribution in [2.45, 2.75) is 11.2 Å². The van der Waals surface area contributed by atoms with Gasteiger partial charge in [0.25, 0.3) is 0 Å². The first kappa shape index (κ1) is 15.6. The van der Waals surface area contributed by atoms with Gasteiger partial charge in [0.2, 0.25) is 0 Å². The van der Waals surface area contributed by atoms with Gasteiger partial charge in [-0.3, -0.25) is 0 Å². The normalized spacial score (nSPS) is 15.4. The largest absolute Gasteiger partial charge is 0.490 e. The van der Waals surface area contributed by atoms with E-state index in [-0.39, 0.29) is 4.83 Å². The van der Waals surface area contributed by atoms with Crippen LogP contribution < -0.4 is 9.47 Å². The minimum Gasteiger partial charge on any atom is -0.490 e. The summed E-state index contributed by atoms with van der Waals surface area (Å²) in [6.07, 6.45) is 0.913. The van der Waals surface area contributed by atoms with Crippen molar-refractivity contribution >= 4 is 54.5 Å². The quantitative estimate of drug-likeness (QED) is 0.371. The molecule has 0 aromatic heterocycles. The number of hydrogen-bond donors (Lipinski definition) is 0. The maximum Gasteiger partial charge on any atom is 0.162 e. The highest BCUT2D eigenvalue weighted by atomic mass is 127. The van der Waals surface area contributed by atoms with E-state index in [0.29, 0.717) is 13.2 Å². The number of alkyl halides is 1. The van der Waals surface area contributed by atoms with E-state index >= 15 is 0 Å². The van der Waals surface area contributed by atoms with Gasteiger partial charge in [0.15, 0.2) is 11.5 Å². The predicted octanol–water partition coefficient (Wildman–Crippen LogP) is 5.70. The Hall–Kier alpha value is -0.270. The van der Waals surface area contributed by atoms with Crippen molar-refractivity contribution in [2.75, 3.05) is 13.2 Å². The minimum absolute atomic E-state index is 0.112. The Morgan fingerprint density at radius 2 is 1.62 bits per heavy atom. The molecule has 0 amide bonds. The van der Waals surface area contributed by atoms with Gasteiger partial charge in [-0.2, -0.15) is 0 Å². The van der Waals surface area contributed by atoms with Gasteiger partial charge < -0.3 is 9.47 Å². The van der Waals surface area contributed by atoms with E-state index in [1.54, 1.807) is 0 Å². The number of ether oxygens (including phenoxy) is 2. The topological polar surface area (TPSA) is 18.5 Å². The summed E-state index contributed by atoms with van der Waals surface area (Å²) in [5, 5.41) is 0. The summed E-state index contributed by atoms with van der Waals surface area (Å²) in [4.78, 5) is 0.112. The molecule has 1 aliphatic rings. The lowest BCUT2D eigenvalue weighted by molar-refractivity contribution is 0.297. The highest BCUT2D eigenvalue weighted by molar-refractivity contribution is 14.1.